The fourth-order valence-electron chi connectivity index (χ4n) is 2.56. The lowest BCUT2D eigenvalue weighted by atomic mass is 9.75. The molecule has 0 heterocycles. The van der Waals surface area contributed by atoms with E-state index in [1.54, 1.807) is 18.2 Å². The van der Waals surface area contributed by atoms with Crippen molar-refractivity contribution in [3.63, 3.8) is 0 Å². The lowest BCUT2D eigenvalue weighted by Gasteiger charge is -2.30. The summed E-state index contributed by atoms with van der Waals surface area (Å²) in [5, 5.41) is 19.8. The van der Waals surface area contributed by atoms with Crippen molar-refractivity contribution in [1.82, 2.24) is 0 Å². The Hall–Kier alpha value is -2.16. The Bertz CT molecular complexity index is 702. The summed E-state index contributed by atoms with van der Waals surface area (Å²) in [6, 6.07) is 10.9. The molecule has 3 heteroatoms. The van der Waals surface area contributed by atoms with Crippen LogP contribution in [0.5, 0.6) is 17.2 Å². The minimum absolute atomic E-state index is 0.0338. The summed E-state index contributed by atoms with van der Waals surface area (Å²) in [6.07, 6.45) is 0.837. The van der Waals surface area contributed by atoms with Crippen LogP contribution < -0.4 is 4.74 Å². The smallest absolute Gasteiger partial charge is 0.123 e. The molecule has 0 saturated carbocycles. The van der Waals surface area contributed by atoms with Gasteiger partial charge in [0.25, 0.3) is 0 Å². The van der Waals surface area contributed by atoms with Gasteiger partial charge in [-0.2, -0.15) is 0 Å². The monoisotopic (exact) mass is 328 g/mol. The zero-order valence-electron chi connectivity index (χ0n) is 15.3. The summed E-state index contributed by atoms with van der Waals surface area (Å²) >= 11 is 0. The molecular weight excluding hydrogens is 300 g/mol. The molecule has 0 bridgehead atoms. The van der Waals surface area contributed by atoms with Crippen LogP contribution in [0.3, 0.4) is 0 Å². The van der Waals surface area contributed by atoms with Gasteiger partial charge in [-0.15, -0.1) is 0 Å². The van der Waals surface area contributed by atoms with E-state index < -0.39 is 0 Å². The second-order valence-electron chi connectivity index (χ2n) is 7.24. The van der Waals surface area contributed by atoms with Gasteiger partial charge in [0.15, 0.2) is 0 Å². The van der Waals surface area contributed by atoms with Gasteiger partial charge in [-0.1, -0.05) is 40.7 Å². The summed E-state index contributed by atoms with van der Waals surface area (Å²) in [4.78, 5) is 0. The van der Waals surface area contributed by atoms with E-state index in [9.17, 15) is 10.2 Å². The molecule has 0 fully saturated rings. The molecule has 3 nitrogen and oxygen atoms in total. The number of hydrogen-bond donors (Lipinski definition) is 2. The molecule has 0 aliphatic carbocycles. The van der Waals surface area contributed by atoms with Crippen molar-refractivity contribution in [3.05, 3.63) is 53.1 Å². The molecule has 0 saturated heterocycles. The highest BCUT2D eigenvalue weighted by Crippen LogP contribution is 2.34. The Balaban J connectivity index is 2.22. The quantitative estimate of drug-likeness (QED) is 0.769. The first-order chi connectivity index (χ1) is 11.2. The van der Waals surface area contributed by atoms with Crippen LogP contribution in [0.1, 0.15) is 51.3 Å². The zero-order valence-corrected chi connectivity index (χ0v) is 15.3. The van der Waals surface area contributed by atoms with Crippen molar-refractivity contribution in [2.24, 2.45) is 5.92 Å². The second kappa shape index (κ2) is 7.16. The van der Waals surface area contributed by atoms with E-state index in [0.29, 0.717) is 18.3 Å². The lowest BCUT2D eigenvalue weighted by Crippen LogP contribution is -2.24. The minimum atomic E-state index is -0.0338. The highest BCUT2D eigenvalue weighted by Gasteiger charge is 2.25. The number of hydrogen-bond acceptors (Lipinski definition) is 3. The summed E-state index contributed by atoms with van der Waals surface area (Å²) in [7, 11) is 0. The van der Waals surface area contributed by atoms with Crippen LogP contribution in [0.4, 0.5) is 0 Å². The SMILES string of the molecule is CCc1cc(O)cc(OCc2cc(O)cc(C(C)(C)C(C)C)c2)c1. The molecule has 2 rings (SSSR count). The maximum Gasteiger partial charge on any atom is 0.123 e. The Morgan fingerprint density at radius 1 is 0.917 bits per heavy atom. The fourth-order valence-corrected chi connectivity index (χ4v) is 2.56. The Morgan fingerprint density at radius 2 is 1.54 bits per heavy atom. The molecule has 0 radical (unpaired) electrons. The molecule has 0 aliphatic heterocycles. The first kappa shape index (κ1) is 18.2. The number of phenols is 2. The van der Waals surface area contributed by atoms with Crippen molar-refractivity contribution in [2.75, 3.05) is 0 Å². The Morgan fingerprint density at radius 3 is 2.17 bits per heavy atom. The number of aryl methyl sites for hydroxylation is 1. The van der Waals surface area contributed by atoms with E-state index in [1.807, 2.05) is 19.1 Å². The van der Waals surface area contributed by atoms with Crippen LogP contribution in [-0.4, -0.2) is 10.2 Å². The average molecular weight is 328 g/mol. The fraction of sp³-hybridized carbons (Fsp3) is 0.429. The van der Waals surface area contributed by atoms with Crippen molar-refractivity contribution < 1.29 is 14.9 Å². The van der Waals surface area contributed by atoms with Gasteiger partial charge in [-0.05, 0) is 58.7 Å². The zero-order chi connectivity index (χ0) is 17.9. The lowest BCUT2D eigenvalue weighted by molar-refractivity contribution is 0.302. The third-order valence-electron chi connectivity index (χ3n) is 4.93. The standard InChI is InChI=1S/C21H28O3/c1-6-15-8-19(23)12-20(10-15)24-13-16-7-17(11-18(22)9-16)21(4,5)14(2)3/h7-12,14,22-23H,6,13H2,1-5H3. The number of rotatable bonds is 6. The van der Waals surface area contributed by atoms with Gasteiger partial charge < -0.3 is 14.9 Å². The molecule has 2 N–H and O–H groups in total. The maximum absolute atomic E-state index is 10.1. The van der Waals surface area contributed by atoms with Crippen LogP contribution in [0.15, 0.2) is 36.4 Å². The van der Waals surface area contributed by atoms with Crippen LogP contribution in [0.2, 0.25) is 0 Å². The first-order valence-corrected chi connectivity index (χ1v) is 8.51. The van der Waals surface area contributed by atoms with Gasteiger partial charge in [0, 0.05) is 6.07 Å². The van der Waals surface area contributed by atoms with Crippen molar-refractivity contribution in [1.29, 1.82) is 0 Å². The van der Waals surface area contributed by atoms with E-state index in [2.05, 4.69) is 33.8 Å². The highest BCUT2D eigenvalue weighted by atomic mass is 16.5. The molecule has 0 aromatic heterocycles. The molecule has 130 valence electrons. The second-order valence-corrected chi connectivity index (χ2v) is 7.24. The molecule has 2 aromatic carbocycles. The van der Waals surface area contributed by atoms with Crippen molar-refractivity contribution in [2.45, 2.75) is 53.1 Å². The van der Waals surface area contributed by atoms with Gasteiger partial charge in [-0.3, -0.25) is 0 Å². The van der Waals surface area contributed by atoms with Gasteiger partial charge in [-0.25, -0.2) is 0 Å². The summed E-state index contributed by atoms with van der Waals surface area (Å²) in [5.41, 5.74) is 3.01. The Labute approximate surface area is 144 Å². The van der Waals surface area contributed by atoms with E-state index in [0.717, 1.165) is 23.1 Å². The predicted molar refractivity (Wildman–Crippen MR) is 97.8 cm³/mol. The van der Waals surface area contributed by atoms with E-state index in [1.165, 1.54) is 0 Å². The molecule has 0 aliphatic rings. The third-order valence-corrected chi connectivity index (χ3v) is 4.93. The molecular formula is C21H28O3. The van der Waals surface area contributed by atoms with E-state index >= 15 is 0 Å². The molecule has 0 amide bonds. The number of phenolic OH excluding ortho intramolecular Hbond substituents is 2. The Kier molecular flexibility index (Phi) is 5.43. The topological polar surface area (TPSA) is 49.7 Å². The third kappa shape index (κ3) is 4.22. The molecule has 0 atom stereocenters. The minimum Gasteiger partial charge on any atom is -0.508 e. The average Bonchev–Trinajstić information content (AvgIpc) is 2.51. The van der Waals surface area contributed by atoms with E-state index in [-0.39, 0.29) is 16.9 Å². The van der Waals surface area contributed by atoms with Crippen molar-refractivity contribution >= 4 is 0 Å². The summed E-state index contributed by atoms with van der Waals surface area (Å²) < 4.78 is 5.83. The number of benzene rings is 2. The van der Waals surface area contributed by atoms with Gasteiger partial charge >= 0.3 is 0 Å². The highest BCUT2D eigenvalue weighted by molar-refractivity contribution is 5.39. The normalized spacial score (nSPS) is 11.8. The molecule has 24 heavy (non-hydrogen) atoms. The number of aromatic hydroxyl groups is 2. The van der Waals surface area contributed by atoms with Crippen molar-refractivity contribution in [3.8, 4) is 17.2 Å². The van der Waals surface area contributed by atoms with E-state index in [4.69, 9.17) is 4.74 Å². The van der Waals surface area contributed by atoms with Crippen LogP contribution in [0, 0.1) is 5.92 Å². The van der Waals surface area contributed by atoms with Crippen LogP contribution in [-0.2, 0) is 18.4 Å². The summed E-state index contributed by atoms with van der Waals surface area (Å²) in [5.74, 6) is 1.55. The van der Waals surface area contributed by atoms with Gasteiger partial charge in [0.05, 0.1) is 0 Å². The maximum atomic E-state index is 10.1. The molecule has 2 aromatic rings. The van der Waals surface area contributed by atoms with Gasteiger partial charge in [0.1, 0.15) is 23.9 Å². The largest absolute Gasteiger partial charge is 0.508 e. The molecule has 0 unspecified atom stereocenters. The van der Waals surface area contributed by atoms with Gasteiger partial charge in [0.2, 0.25) is 0 Å². The first-order valence-electron chi connectivity index (χ1n) is 8.51. The van der Waals surface area contributed by atoms with Crippen LogP contribution >= 0.6 is 0 Å². The molecule has 0 spiro atoms. The predicted octanol–water partition coefficient (Wildman–Crippen LogP) is 5.17. The van der Waals surface area contributed by atoms with Crippen LogP contribution in [0.25, 0.3) is 0 Å². The number of ether oxygens (including phenoxy) is 1. The summed E-state index contributed by atoms with van der Waals surface area (Å²) in [6.45, 7) is 11.1.